The van der Waals surface area contributed by atoms with Gasteiger partial charge in [0.2, 0.25) is 0 Å². The zero-order chi connectivity index (χ0) is 11.4. The maximum absolute atomic E-state index is 11.1. The molecule has 2 N–H and O–H groups in total. The van der Waals surface area contributed by atoms with Crippen LogP contribution in [0.1, 0.15) is 24.5 Å². The van der Waals surface area contributed by atoms with Crippen molar-refractivity contribution in [2.24, 2.45) is 0 Å². The number of esters is 1. The van der Waals surface area contributed by atoms with Gasteiger partial charge in [-0.2, -0.15) is 0 Å². The standard InChI is InChI=1S/C10H14O5/c1-3-14-10(13)9(12)8(11)7-5-4-6(2)15-7/h4-5,8-9,11-12H,3H2,1-2H3/t8-,9-/m1/s1. The van der Waals surface area contributed by atoms with Gasteiger partial charge in [0, 0.05) is 0 Å². The van der Waals surface area contributed by atoms with Gasteiger partial charge in [-0.3, -0.25) is 0 Å². The van der Waals surface area contributed by atoms with Crippen LogP contribution in [0.2, 0.25) is 0 Å². The molecule has 1 aromatic rings. The highest BCUT2D eigenvalue weighted by Crippen LogP contribution is 2.20. The summed E-state index contributed by atoms with van der Waals surface area (Å²) in [5.74, 6) is -0.118. The molecule has 2 atom stereocenters. The van der Waals surface area contributed by atoms with E-state index in [1.165, 1.54) is 6.07 Å². The second-order valence-corrected chi connectivity index (χ2v) is 3.09. The summed E-state index contributed by atoms with van der Waals surface area (Å²) in [5, 5.41) is 19.0. The number of ether oxygens (including phenoxy) is 1. The molecule has 5 heteroatoms. The van der Waals surface area contributed by atoms with Crippen LogP contribution in [-0.2, 0) is 9.53 Å². The average Bonchev–Trinajstić information content (AvgIpc) is 2.63. The molecule has 0 aliphatic rings. The molecule has 15 heavy (non-hydrogen) atoms. The number of carbonyl (C=O) groups excluding carboxylic acids is 1. The molecule has 0 aromatic carbocycles. The van der Waals surface area contributed by atoms with Crippen molar-refractivity contribution < 1.29 is 24.2 Å². The number of aliphatic hydroxyl groups is 2. The molecule has 0 unspecified atom stereocenters. The van der Waals surface area contributed by atoms with E-state index in [4.69, 9.17) is 4.42 Å². The highest BCUT2D eigenvalue weighted by molar-refractivity contribution is 5.75. The van der Waals surface area contributed by atoms with Crippen LogP contribution in [0.25, 0.3) is 0 Å². The Morgan fingerprint density at radius 2 is 2.20 bits per heavy atom. The Balaban J connectivity index is 2.67. The molecule has 1 aromatic heterocycles. The number of aryl methyl sites for hydroxylation is 1. The largest absolute Gasteiger partial charge is 0.464 e. The van der Waals surface area contributed by atoms with E-state index in [9.17, 15) is 15.0 Å². The first-order valence-electron chi connectivity index (χ1n) is 4.65. The van der Waals surface area contributed by atoms with Crippen LogP contribution in [0.3, 0.4) is 0 Å². The Bertz CT molecular complexity index is 330. The summed E-state index contributed by atoms with van der Waals surface area (Å²) in [6.45, 7) is 3.47. The van der Waals surface area contributed by atoms with Crippen molar-refractivity contribution in [2.75, 3.05) is 6.61 Å². The number of carbonyl (C=O) groups is 1. The molecular formula is C10H14O5. The average molecular weight is 214 g/mol. The summed E-state index contributed by atoms with van der Waals surface area (Å²) in [5.41, 5.74) is 0. The van der Waals surface area contributed by atoms with Gasteiger partial charge in [-0.15, -0.1) is 0 Å². The third kappa shape index (κ3) is 2.81. The highest BCUT2D eigenvalue weighted by Gasteiger charge is 2.28. The molecule has 0 aliphatic carbocycles. The minimum Gasteiger partial charge on any atom is -0.464 e. The van der Waals surface area contributed by atoms with E-state index in [0.717, 1.165) is 0 Å². The number of hydrogen-bond donors (Lipinski definition) is 2. The maximum Gasteiger partial charge on any atom is 0.338 e. The molecule has 0 bridgehead atoms. The molecule has 0 radical (unpaired) electrons. The minimum absolute atomic E-state index is 0.146. The lowest BCUT2D eigenvalue weighted by molar-refractivity contribution is -0.160. The zero-order valence-electron chi connectivity index (χ0n) is 8.64. The second-order valence-electron chi connectivity index (χ2n) is 3.09. The van der Waals surface area contributed by atoms with Gasteiger partial charge in [0.15, 0.2) is 6.10 Å². The highest BCUT2D eigenvalue weighted by atomic mass is 16.5. The Morgan fingerprint density at radius 3 is 2.67 bits per heavy atom. The summed E-state index contributed by atoms with van der Waals surface area (Å²) in [6, 6.07) is 3.14. The van der Waals surface area contributed by atoms with Gasteiger partial charge < -0.3 is 19.4 Å². The van der Waals surface area contributed by atoms with Crippen molar-refractivity contribution >= 4 is 5.97 Å². The van der Waals surface area contributed by atoms with Crippen LogP contribution in [0.15, 0.2) is 16.5 Å². The van der Waals surface area contributed by atoms with Crippen LogP contribution in [0, 0.1) is 6.92 Å². The quantitative estimate of drug-likeness (QED) is 0.715. The summed E-state index contributed by atoms with van der Waals surface area (Å²) in [4.78, 5) is 11.1. The van der Waals surface area contributed by atoms with E-state index < -0.39 is 18.2 Å². The number of aliphatic hydroxyl groups excluding tert-OH is 2. The Labute approximate surface area is 87.3 Å². The third-order valence-corrected chi connectivity index (χ3v) is 1.88. The molecular weight excluding hydrogens is 200 g/mol. The fourth-order valence-corrected chi connectivity index (χ4v) is 1.12. The molecule has 0 amide bonds. The molecule has 0 saturated heterocycles. The predicted octanol–water partition coefficient (Wildman–Crippen LogP) is 0.545. The lowest BCUT2D eigenvalue weighted by Gasteiger charge is -2.13. The fraction of sp³-hybridized carbons (Fsp3) is 0.500. The van der Waals surface area contributed by atoms with Gasteiger partial charge in [-0.1, -0.05) is 0 Å². The topological polar surface area (TPSA) is 79.9 Å². The Kier molecular flexibility index (Phi) is 3.88. The lowest BCUT2D eigenvalue weighted by Crippen LogP contribution is -2.29. The van der Waals surface area contributed by atoms with Crippen LogP contribution >= 0.6 is 0 Å². The van der Waals surface area contributed by atoms with Gasteiger partial charge in [-0.05, 0) is 26.0 Å². The smallest absolute Gasteiger partial charge is 0.338 e. The lowest BCUT2D eigenvalue weighted by atomic mass is 10.1. The zero-order valence-corrected chi connectivity index (χ0v) is 8.64. The monoisotopic (exact) mass is 214 g/mol. The van der Waals surface area contributed by atoms with Crippen molar-refractivity contribution in [3.8, 4) is 0 Å². The Morgan fingerprint density at radius 1 is 1.53 bits per heavy atom. The molecule has 1 heterocycles. The van der Waals surface area contributed by atoms with E-state index in [2.05, 4.69) is 4.74 Å². The van der Waals surface area contributed by atoms with Gasteiger partial charge in [0.05, 0.1) is 6.61 Å². The van der Waals surface area contributed by atoms with Crippen LogP contribution in [0.4, 0.5) is 0 Å². The first-order chi connectivity index (χ1) is 7.06. The molecule has 5 nitrogen and oxygen atoms in total. The van der Waals surface area contributed by atoms with Gasteiger partial charge in [0.1, 0.15) is 17.6 Å². The van der Waals surface area contributed by atoms with Crippen molar-refractivity contribution in [1.82, 2.24) is 0 Å². The van der Waals surface area contributed by atoms with E-state index in [0.29, 0.717) is 5.76 Å². The molecule has 0 aliphatic heterocycles. The van der Waals surface area contributed by atoms with Crippen LogP contribution in [0.5, 0.6) is 0 Å². The van der Waals surface area contributed by atoms with E-state index >= 15 is 0 Å². The van der Waals surface area contributed by atoms with Gasteiger partial charge in [-0.25, -0.2) is 4.79 Å². The Hall–Kier alpha value is -1.33. The first kappa shape index (κ1) is 11.7. The second kappa shape index (κ2) is 4.95. The van der Waals surface area contributed by atoms with Crippen molar-refractivity contribution in [1.29, 1.82) is 0 Å². The molecule has 0 fully saturated rings. The van der Waals surface area contributed by atoms with Crippen LogP contribution < -0.4 is 0 Å². The molecule has 84 valence electrons. The third-order valence-electron chi connectivity index (χ3n) is 1.88. The number of hydrogen-bond acceptors (Lipinski definition) is 5. The number of rotatable bonds is 4. The molecule has 0 saturated carbocycles. The SMILES string of the molecule is CCOC(=O)[C@H](O)[C@H](O)c1ccc(C)o1. The van der Waals surface area contributed by atoms with Crippen molar-refractivity contribution in [2.45, 2.75) is 26.1 Å². The van der Waals surface area contributed by atoms with Gasteiger partial charge in [0.25, 0.3) is 0 Å². The predicted molar refractivity (Wildman–Crippen MR) is 51.0 cm³/mol. The summed E-state index contributed by atoms with van der Waals surface area (Å²) >= 11 is 0. The summed E-state index contributed by atoms with van der Waals surface area (Å²) < 4.78 is 9.64. The molecule has 1 rings (SSSR count). The van der Waals surface area contributed by atoms with E-state index in [-0.39, 0.29) is 12.4 Å². The minimum atomic E-state index is -1.62. The first-order valence-corrected chi connectivity index (χ1v) is 4.65. The summed E-state index contributed by atoms with van der Waals surface area (Å²) in [7, 11) is 0. The summed E-state index contributed by atoms with van der Waals surface area (Å²) in [6.07, 6.45) is -3.01. The molecule has 0 spiro atoms. The fourth-order valence-electron chi connectivity index (χ4n) is 1.12. The van der Waals surface area contributed by atoms with Gasteiger partial charge >= 0.3 is 5.97 Å². The van der Waals surface area contributed by atoms with Crippen molar-refractivity contribution in [3.05, 3.63) is 23.7 Å². The maximum atomic E-state index is 11.1. The van der Waals surface area contributed by atoms with E-state index in [1.807, 2.05) is 0 Å². The normalized spacial score (nSPS) is 14.7. The van der Waals surface area contributed by atoms with Crippen LogP contribution in [-0.4, -0.2) is 28.9 Å². The van der Waals surface area contributed by atoms with E-state index in [1.54, 1.807) is 19.9 Å². The number of furan rings is 1. The van der Waals surface area contributed by atoms with Crippen molar-refractivity contribution in [3.63, 3.8) is 0 Å².